The molecule has 3 aromatic heterocycles. The highest BCUT2D eigenvalue weighted by Gasteiger charge is 2.14. The molecule has 5 rings (SSSR count). The van der Waals surface area contributed by atoms with Crippen LogP contribution in [0.25, 0.3) is 27.7 Å². The number of carbonyl (C=O) groups excluding carboxylic acids is 1. The highest BCUT2D eigenvalue weighted by atomic mass is 19.1. The molecular weight excluding hydrogens is 385 g/mol. The number of benzene rings is 2. The largest absolute Gasteiger partial charge is 0.280 e. The van der Waals surface area contributed by atoms with Crippen molar-refractivity contribution in [3.8, 4) is 11.1 Å². The van der Waals surface area contributed by atoms with E-state index in [4.69, 9.17) is 0 Å². The smallest absolute Gasteiger partial charge is 0.267 e. The fourth-order valence-corrected chi connectivity index (χ4v) is 3.30. The number of nitrogens with one attached hydrogen (secondary N) is 1. The second-order valence-electron chi connectivity index (χ2n) is 6.66. The maximum Gasteiger partial charge on any atom is 0.280 e. The third kappa shape index (κ3) is 2.91. The molecule has 1 N–H and O–H groups in total. The Morgan fingerprint density at radius 1 is 0.967 bits per heavy atom. The van der Waals surface area contributed by atoms with Gasteiger partial charge in [0.25, 0.3) is 11.5 Å². The van der Waals surface area contributed by atoms with Gasteiger partial charge >= 0.3 is 0 Å². The molecule has 0 aliphatic rings. The third-order valence-electron chi connectivity index (χ3n) is 4.81. The average Bonchev–Trinajstić information content (AvgIpc) is 3.21. The predicted molar refractivity (Wildman–Crippen MR) is 110 cm³/mol. The Bertz CT molecular complexity index is 1460. The Hall–Kier alpha value is -4.33. The van der Waals surface area contributed by atoms with Crippen molar-refractivity contribution in [1.29, 1.82) is 0 Å². The number of halogens is 1. The molecule has 0 spiro atoms. The number of rotatable bonds is 3. The number of amides is 1. The van der Waals surface area contributed by atoms with Gasteiger partial charge in [-0.25, -0.2) is 18.6 Å². The van der Waals surface area contributed by atoms with E-state index >= 15 is 0 Å². The number of fused-ring (bicyclic) bond motifs is 3. The van der Waals surface area contributed by atoms with E-state index in [0.29, 0.717) is 16.6 Å². The number of nitrogens with zero attached hydrogens (tertiary/aromatic N) is 4. The van der Waals surface area contributed by atoms with Crippen molar-refractivity contribution < 1.29 is 9.18 Å². The molecule has 3 heterocycles. The summed E-state index contributed by atoms with van der Waals surface area (Å²) in [6.45, 7) is 0. The molecular formula is C22H14FN5O2. The van der Waals surface area contributed by atoms with Crippen molar-refractivity contribution in [3.05, 3.63) is 101 Å². The summed E-state index contributed by atoms with van der Waals surface area (Å²) in [5.41, 5.74) is 5.31. The van der Waals surface area contributed by atoms with Crippen molar-refractivity contribution >= 4 is 22.5 Å². The minimum atomic E-state index is -0.532. The monoisotopic (exact) mass is 399 g/mol. The third-order valence-corrected chi connectivity index (χ3v) is 4.81. The normalized spacial score (nSPS) is 11.1. The van der Waals surface area contributed by atoms with Gasteiger partial charge in [0.05, 0.1) is 17.1 Å². The van der Waals surface area contributed by atoms with Crippen LogP contribution in [-0.4, -0.2) is 25.2 Å². The van der Waals surface area contributed by atoms with Crippen molar-refractivity contribution in [2.45, 2.75) is 0 Å². The van der Waals surface area contributed by atoms with Crippen molar-refractivity contribution in [1.82, 2.24) is 19.3 Å². The van der Waals surface area contributed by atoms with Crippen molar-refractivity contribution in [2.75, 3.05) is 5.43 Å². The van der Waals surface area contributed by atoms with Crippen LogP contribution >= 0.6 is 0 Å². The zero-order valence-corrected chi connectivity index (χ0v) is 15.5. The lowest BCUT2D eigenvalue weighted by Crippen LogP contribution is -2.33. The summed E-state index contributed by atoms with van der Waals surface area (Å²) in [7, 11) is 0. The Balaban J connectivity index is 1.56. The predicted octanol–water partition coefficient (Wildman–Crippen LogP) is 3.23. The van der Waals surface area contributed by atoms with Gasteiger partial charge in [-0.1, -0.05) is 30.3 Å². The van der Waals surface area contributed by atoms with E-state index in [2.05, 4.69) is 15.5 Å². The average molecular weight is 399 g/mol. The molecule has 0 fully saturated rings. The first-order valence-electron chi connectivity index (χ1n) is 9.12. The summed E-state index contributed by atoms with van der Waals surface area (Å²) in [5.74, 6) is -0.977. The molecule has 0 bridgehead atoms. The lowest BCUT2D eigenvalue weighted by atomic mass is 10.1. The molecule has 0 saturated carbocycles. The zero-order valence-electron chi connectivity index (χ0n) is 15.5. The maximum absolute atomic E-state index is 13.1. The molecule has 146 valence electrons. The number of pyridine rings is 1. The number of aromatic nitrogens is 4. The lowest BCUT2D eigenvalue weighted by Gasteiger charge is -2.10. The molecule has 0 saturated heterocycles. The standard InChI is InChI=1S/C22H14FN5O2/c23-16-8-6-15(7-9-16)21(29)26-27-11-10-19-18(22(27)30)12-24-20-17(13-25-28(19)20)14-4-2-1-3-5-14/h1-13H,(H,26,29). The highest BCUT2D eigenvalue weighted by Crippen LogP contribution is 2.24. The van der Waals surface area contributed by atoms with Gasteiger partial charge in [0, 0.05) is 23.5 Å². The topological polar surface area (TPSA) is 81.3 Å². The van der Waals surface area contributed by atoms with Gasteiger partial charge in [-0.15, -0.1) is 0 Å². The Morgan fingerprint density at radius 2 is 1.73 bits per heavy atom. The van der Waals surface area contributed by atoms with E-state index < -0.39 is 17.3 Å². The molecule has 0 aliphatic heterocycles. The maximum atomic E-state index is 13.1. The molecule has 30 heavy (non-hydrogen) atoms. The van der Waals surface area contributed by atoms with E-state index in [1.807, 2.05) is 30.3 Å². The number of hydrogen-bond donors (Lipinski definition) is 1. The molecule has 0 aliphatic carbocycles. The highest BCUT2D eigenvalue weighted by molar-refractivity contribution is 6.00. The SMILES string of the molecule is O=C(Nn1ccc2c(cnc3c(-c4ccccc4)cnn32)c1=O)c1ccc(F)cc1. The van der Waals surface area contributed by atoms with Gasteiger partial charge in [-0.3, -0.25) is 15.0 Å². The van der Waals surface area contributed by atoms with Gasteiger partial charge in [-0.2, -0.15) is 5.10 Å². The van der Waals surface area contributed by atoms with Crippen molar-refractivity contribution in [3.63, 3.8) is 0 Å². The van der Waals surface area contributed by atoms with E-state index in [9.17, 15) is 14.0 Å². The van der Waals surface area contributed by atoms with Crippen LogP contribution in [0.2, 0.25) is 0 Å². The first-order chi connectivity index (χ1) is 14.6. The number of carbonyl (C=O) groups is 1. The van der Waals surface area contributed by atoms with Crippen LogP contribution in [0.15, 0.2) is 84.0 Å². The zero-order chi connectivity index (χ0) is 20.7. The van der Waals surface area contributed by atoms with Crippen LogP contribution in [0.1, 0.15) is 10.4 Å². The van der Waals surface area contributed by atoms with Crippen LogP contribution in [0.4, 0.5) is 4.39 Å². The molecule has 1 amide bonds. The number of hydrogen-bond acceptors (Lipinski definition) is 4. The Morgan fingerprint density at radius 3 is 2.50 bits per heavy atom. The second kappa shape index (κ2) is 6.93. The second-order valence-corrected chi connectivity index (χ2v) is 6.66. The van der Waals surface area contributed by atoms with Gasteiger partial charge in [0.15, 0.2) is 5.65 Å². The van der Waals surface area contributed by atoms with Gasteiger partial charge < -0.3 is 0 Å². The summed E-state index contributed by atoms with van der Waals surface area (Å²) in [6.07, 6.45) is 4.63. The summed E-state index contributed by atoms with van der Waals surface area (Å²) in [4.78, 5) is 29.7. The summed E-state index contributed by atoms with van der Waals surface area (Å²) in [5, 5.41) is 4.69. The Labute approximate surface area is 169 Å². The molecule has 8 heteroatoms. The molecule has 0 unspecified atom stereocenters. The lowest BCUT2D eigenvalue weighted by molar-refractivity contribution is 0.101. The minimum Gasteiger partial charge on any atom is -0.267 e. The van der Waals surface area contributed by atoms with Gasteiger partial charge in [0.2, 0.25) is 0 Å². The quantitative estimate of drug-likeness (QED) is 0.505. The molecule has 0 atom stereocenters. The van der Waals surface area contributed by atoms with Crippen LogP contribution in [0.5, 0.6) is 0 Å². The van der Waals surface area contributed by atoms with Crippen LogP contribution in [-0.2, 0) is 0 Å². The minimum absolute atomic E-state index is 0.233. The van der Waals surface area contributed by atoms with E-state index in [1.165, 1.54) is 36.7 Å². The van der Waals surface area contributed by atoms with E-state index in [-0.39, 0.29) is 5.56 Å². The first-order valence-corrected chi connectivity index (χ1v) is 9.12. The molecule has 2 aromatic carbocycles. The van der Waals surface area contributed by atoms with Gasteiger partial charge in [-0.05, 0) is 35.9 Å². The van der Waals surface area contributed by atoms with E-state index in [1.54, 1.807) is 16.8 Å². The summed E-state index contributed by atoms with van der Waals surface area (Å²) in [6, 6.07) is 16.5. The Kier molecular flexibility index (Phi) is 4.10. The summed E-state index contributed by atoms with van der Waals surface area (Å²) < 4.78 is 15.7. The fourth-order valence-electron chi connectivity index (χ4n) is 3.30. The van der Waals surface area contributed by atoms with Crippen LogP contribution in [0, 0.1) is 5.82 Å². The molecule has 5 aromatic rings. The van der Waals surface area contributed by atoms with Crippen molar-refractivity contribution in [2.24, 2.45) is 0 Å². The molecule has 0 radical (unpaired) electrons. The first kappa shape index (κ1) is 17.7. The van der Waals surface area contributed by atoms with Crippen LogP contribution < -0.4 is 11.0 Å². The van der Waals surface area contributed by atoms with Crippen LogP contribution in [0.3, 0.4) is 0 Å². The van der Waals surface area contributed by atoms with Gasteiger partial charge in [0.1, 0.15) is 5.82 Å². The molecule has 7 nitrogen and oxygen atoms in total. The van der Waals surface area contributed by atoms with E-state index in [0.717, 1.165) is 15.8 Å². The fraction of sp³-hybridized carbons (Fsp3) is 0. The summed E-state index contributed by atoms with van der Waals surface area (Å²) >= 11 is 0.